The molecule has 1 aromatic rings. The van der Waals surface area contributed by atoms with Crippen LogP contribution in [0.15, 0.2) is 18.2 Å². The number of carbonyl (C=O) groups excluding carboxylic acids is 1. The molecular formula is C14H21ClN2O3. The Morgan fingerprint density at radius 2 is 2.15 bits per heavy atom. The van der Waals surface area contributed by atoms with Crippen molar-refractivity contribution in [2.24, 2.45) is 0 Å². The first-order valence-corrected chi connectivity index (χ1v) is 6.97. The van der Waals surface area contributed by atoms with Gasteiger partial charge in [-0.2, -0.15) is 0 Å². The van der Waals surface area contributed by atoms with Crippen LogP contribution in [0.1, 0.15) is 13.3 Å². The molecule has 0 spiro atoms. The molecule has 2 N–H and O–H groups in total. The van der Waals surface area contributed by atoms with Gasteiger partial charge in [0.25, 0.3) is 0 Å². The van der Waals surface area contributed by atoms with E-state index in [1.54, 1.807) is 25.3 Å². The predicted octanol–water partition coefficient (Wildman–Crippen LogP) is 2.30. The van der Waals surface area contributed by atoms with E-state index in [4.69, 9.17) is 21.1 Å². The molecule has 1 aromatic carbocycles. The molecule has 112 valence electrons. The molecule has 20 heavy (non-hydrogen) atoms. The van der Waals surface area contributed by atoms with Crippen LogP contribution in [-0.2, 0) is 9.53 Å². The Bertz CT molecular complexity index is 427. The molecule has 0 unspecified atom stereocenters. The highest BCUT2D eigenvalue weighted by Gasteiger charge is 2.08. The molecule has 0 aliphatic rings. The summed E-state index contributed by atoms with van der Waals surface area (Å²) in [5.41, 5.74) is 0.587. The number of hydrogen-bond acceptors (Lipinski definition) is 4. The number of benzene rings is 1. The van der Waals surface area contributed by atoms with Crippen LogP contribution in [0, 0.1) is 0 Å². The molecule has 0 aliphatic heterocycles. The number of anilines is 1. The summed E-state index contributed by atoms with van der Waals surface area (Å²) in [6, 6.07) is 5.17. The van der Waals surface area contributed by atoms with Crippen molar-refractivity contribution in [2.75, 3.05) is 38.7 Å². The van der Waals surface area contributed by atoms with E-state index < -0.39 is 0 Å². The van der Waals surface area contributed by atoms with E-state index in [0.29, 0.717) is 36.2 Å². The van der Waals surface area contributed by atoms with Crippen LogP contribution < -0.4 is 15.4 Å². The molecule has 5 nitrogen and oxygen atoms in total. The minimum Gasteiger partial charge on any atom is -0.491 e. The number of rotatable bonds is 9. The van der Waals surface area contributed by atoms with E-state index in [1.807, 2.05) is 6.92 Å². The zero-order valence-corrected chi connectivity index (χ0v) is 12.6. The third-order valence-electron chi connectivity index (χ3n) is 2.45. The molecule has 1 amide bonds. The molecular weight excluding hydrogens is 280 g/mol. The minimum absolute atomic E-state index is 0.148. The van der Waals surface area contributed by atoms with E-state index in [9.17, 15) is 4.79 Å². The third kappa shape index (κ3) is 6.23. The van der Waals surface area contributed by atoms with Crippen LogP contribution in [0.5, 0.6) is 5.75 Å². The van der Waals surface area contributed by atoms with Gasteiger partial charge in [-0.3, -0.25) is 4.79 Å². The van der Waals surface area contributed by atoms with Crippen LogP contribution in [-0.4, -0.2) is 39.3 Å². The van der Waals surface area contributed by atoms with Crippen LogP contribution in [0.3, 0.4) is 0 Å². The van der Waals surface area contributed by atoms with Gasteiger partial charge in [0.15, 0.2) is 0 Å². The molecule has 6 heteroatoms. The Morgan fingerprint density at radius 3 is 2.85 bits per heavy atom. The second kappa shape index (κ2) is 9.58. The minimum atomic E-state index is -0.148. The maximum Gasteiger partial charge on any atom is 0.238 e. The Hall–Kier alpha value is -1.30. The maximum absolute atomic E-state index is 11.8. The lowest BCUT2D eigenvalue weighted by Gasteiger charge is -2.12. The topological polar surface area (TPSA) is 59.6 Å². The van der Waals surface area contributed by atoms with Crippen LogP contribution >= 0.6 is 11.6 Å². The maximum atomic E-state index is 11.8. The van der Waals surface area contributed by atoms with Crippen LogP contribution in [0.2, 0.25) is 5.02 Å². The fourth-order valence-electron chi connectivity index (χ4n) is 1.51. The zero-order chi connectivity index (χ0) is 14.8. The first kappa shape index (κ1) is 16.8. The molecule has 0 atom stereocenters. The number of hydrogen-bond donors (Lipinski definition) is 2. The monoisotopic (exact) mass is 300 g/mol. The van der Waals surface area contributed by atoms with Gasteiger partial charge in [-0.1, -0.05) is 18.5 Å². The average molecular weight is 301 g/mol. The molecule has 0 aliphatic carbocycles. The van der Waals surface area contributed by atoms with Gasteiger partial charge in [0, 0.05) is 18.7 Å². The largest absolute Gasteiger partial charge is 0.491 e. The molecule has 0 aromatic heterocycles. The summed E-state index contributed by atoms with van der Waals surface area (Å²) in [5, 5.41) is 6.31. The zero-order valence-electron chi connectivity index (χ0n) is 11.9. The molecule has 0 fully saturated rings. The Kier molecular flexibility index (Phi) is 8.02. The molecule has 0 bridgehead atoms. The van der Waals surface area contributed by atoms with Crippen molar-refractivity contribution in [3.05, 3.63) is 23.2 Å². The van der Waals surface area contributed by atoms with E-state index in [-0.39, 0.29) is 12.5 Å². The summed E-state index contributed by atoms with van der Waals surface area (Å²) < 4.78 is 10.5. The van der Waals surface area contributed by atoms with E-state index >= 15 is 0 Å². The van der Waals surface area contributed by atoms with E-state index in [2.05, 4.69) is 10.6 Å². The SMILES string of the molecule is CCCOc1ccc(Cl)cc1NC(=O)CNCCOC. The van der Waals surface area contributed by atoms with Gasteiger partial charge in [-0.05, 0) is 24.6 Å². The van der Waals surface area contributed by atoms with Gasteiger partial charge in [0.05, 0.1) is 25.4 Å². The summed E-state index contributed by atoms with van der Waals surface area (Å²) in [7, 11) is 1.62. The smallest absolute Gasteiger partial charge is 0.238 e. The summed E-state index contributed by atoms with van der Waals surface area (Å²) >= 11 is 5.94. The van der Waals surface area contributed by atoms with Crippen LogP contribution in [0.25, 0.3) is 0 Å². The van der Waals surface area contributed by atoms with Gasteiger partial charge in [0.1, 0.15) is 5.75 Å². The van der Waals surface area contributed by atoms with Crippen molar-refractivity contribution in [1.29, 1.82) is 0 Å². The van der Waals surface area contributed by atoms with Crippen molar-refractivity contribution >= 4 is 23.2 Å². The Morgan fingerprint density at radius 1 is 1.35 bits per heavy atom. The lowest BCUT2D eigenvalue weighted by molar-refractivity contribution is -0.115. The first-order chi connectivity index (χ1) is 9.67. The third-order valence-corrected chi connectivity index (χ3v) is 2.68. The Balaban J connectivity index is 2.55. The van der Waals surface area contributed by atoms with Crippen molar-refractivity contribution in [1.82, 2.24) is 5.32 Å². The van der Waals surface area contributed by atoms with E-state index in [0.717, 1.165) is 6.42 Å². The molecule has 0 saturated heterocycles. The summed E-state index contributed by atoms with van der Waals surface area (Å²) in [6.45, 7) is 4.02. The molecule has 0 radical (unpaired) electrons. The average Bonchev–Trinajstić information content (AvgIpc) is 2.43. The van der Waals surface area contributed by atoms with Crippen molar-refractivity contribution in [2.45, 2.75) is 13.3 Å². The highest BCUT2D eigenvalue weighted by atomic mass is 35.5. The predicted molar refractivity (Wildman–Crippen MR) is 80.6 cm³/mol. The van der Waals surface area contributed by atoms with Crippen molar-refractivity contribution < 1.29 is 14.3 Å². The van der Waals surface area contributed by atoms with Crippen molar-refractivity contribution in [3.8, 4) is 5.75 Å². The van der Waals surface area contributed by atoms with Gasteiger partial charge in [-0.15, -0.1) is 0 Å². The second-order valence-electron chi connectivity index (χ2n) is 4.21. The standard InChI is InChI=1S/C14H21ClN2O3/c1-3-7-20-13-5-4-11(15)9-12(13)17-14(18)10-16-6-8-19-2/h4-5,9,16H,3,6-8,10H2,1-2H3,(H,17,18). The normalized spacial score (nSPS) is 10.3. The number of nitrogens with one attached hydrogen (secondary N) is 2. The fourth-order valence-corrected chi connectivity index (χ4v) is 1.68. The number of methoxy groups -OCH3 is 1. The number of ether oxygens (including phenoxy) is 2. The summed E-state index contributed by atoms with van der Waals surface area (Å²) in [5.74, 6) is 0.478. The number of carbonyl (C=O) groups is 1. The Labute approximate surface area is 124 Å². The fraction of sp³-hybridized carbons (Fsp3) is 0.500. The van der Waals surface area contributed by atoms with Gasteiger partial charge in [0.2, 0.25) is 5.91 Å². The van der Waals surface area contributed by atoms with E-state index in [1.165, 1.54) is 0 Å². The lowest BCUT2D eigenvalue weighted by Crippen LogP contribution is -2.30. The van der Waals surface area contributed by atoms with Crippen LogP contribution in [0.4, 0.5) is 5.69 Å². The second-order valence-corrected chi connectivity index (χ2v) is 4.64. The molecule has 0 heterocycles. The quantitative estimate of drug-likeness (QED) is 0.687. The first-order valence-electron chi connectivity index (χ1n) is 6.59. The number of amides is 1. The molecule has 1 rings (SSSR count). The summed E-state index contributed by atoms with van der Waals surface area (Å²) in [6.07, 6.45) is 0.897. The van der Waals surface area contributed by atoms with Gasteiger partial charge < -0.3 is 20.1 Å². The summed E-state index contributed by atoms with van der Waals surface area (Å²) in [4.78, 5) is 11.8. The lowest BCUT2D eigenvalue weighted by atomic mass is 10.3. The highest BCUT2D eigenvalue weighted by molar-refractivity contribution is 6.31. The molecule has 0 saturated carbocycles. The van der Waals surface area contributed by atoms with Gasteiger partial charge >= 0.3 is 0 Å². The van der Waals surface area contributed by atoms with Gasteiger partial charge in [-0.25, -0.2) is 0 Å². The van der Waals surface area contributed by atoms with Crippen molar-refractivity contribution in [3.63, 3.8) is 0 Å². The number of halogens is 1. The highest BCUT2D eigenvalue weighted by Crippen LogP contribution is 2.28.